The van der Waals surface area contributed by atoms with Crippen molar-refractivity contribution in [3.8, 4) is 0 Å². The Balaban J connectivity index is 1.31. The number of aromatic nitrogens is 3. The van der Waals surface area contributed by atoms with Crippen LogP contribution in [0.5, 0.6) is 0 Å². The van der Waals surface area contributed by atoms with Gasteiger partial charge in [0.1, 0.15) is 5.82 Å². The van der Waals surface area contributed by atoms with Gasteiger partial charge in [-0.3, -0.25) is 14.8 Å². The van der Waals surface area contributed by atoms with Crippen LogP contribution in [-0.2, 0) is 4.74 Å². The van der Waals surface area contributed by atoms with Crippen LogP contribution in [0.15, 0.2) is 30.7 Å². The Labute approximate surface area is 164 Å². The molecule has 5 heterocycles. The van der Waals surface area contributed by atoms with Gasteiger partial charge in [0.25, 0.3) is 5.91 Å². The maximum Gasteiger partial charge on any atom is 0.253 e. The van der Waals surface area contributed by atoms with Crippen LogP contribution in [0.2, 0.25) is 0 Å². The van der Waals surface area contributed by atoms with Crippen LogP contribution < -0.4 is 10.2 Å². The smallest absolute Gasteiger partial charge is 0.253 e. The first-order valence-electron chi connectivity index (χ1n) is 9.97. The lowest BCUT2D eigenvalue weighted by molar-refractivity contribution is 0.0141. The zero-order valence-corrected chi connectivity index (χ0v) is 16.3. The molecule has 28 heavy (non-hydrogen) atoms. The Morgan fingerprint density at radius 3 is 2.89 bits per heavy atom. The van der Waals surface area contributed by atoms with E-state index in [0.29, 0.717) is 23.9 Å². The standard InChI is InChI=1S/C21H25N5O2/c1-13-15(4-3-7-22-13)20(27)25-10-16-17-11-26(19-14(2)23-8-9-24-19)12-21(17)6-5-18(16)28-21/h3-4,7-9,16-18H,5-6,10-12H2,1-2H3,(H,25,27)/t16-,17+,18+,21+/m0/s1. The molecule has 3 saturated heterocycles. The third-order valence-corrected chi connectivity index (χ3v) is 6.69. The van der Waals surface area contributed by atoms with Crippen LogP contribution in [0.4, 0.5) is 5.82 Å². The van der Waals surface area contributed by atoms with E-state index in [2.05, 4.69) is 25.2 Å². The molecule has 3 aliphatic heterocycles. The highest BCUT2D eigenvalue weighted by Crippen LogP contribution is 2.55. The molecule has 0 unspecified atom stereocenters. The summed E-state index contributed by atoms with van der Waals surface area (Å²) in [5, 5.41) is 3.14. The van der Waals surface area contributed by atoms with E-state index in [0.717, 1.165) is 43.1 Å². The minimum atomic E-state index is -0.103. The summed E-state index contributed by atoms with van der Waals surface area (Å²) >= 11 is 0. The van der Waals surface area contributed by atoms with E-state index in [4.69, 9.17) is 4.74 Å². The van der Waals surface area contributed by atoms with Gasteiger partial charge in [0, 0.05) is 55.8 Å². The molecule has 4 atom stereocenters. The molecular weight excluding hydrogens is 354 g/mol. The predicted octanol–water partition coefficient (Wildman–Crippen LogP) is 1.90. The number of aryl methyl sites for hydroxylation is 2. The van der Waals surface area contributed by atoms with Crippen LogP contribution in [0.1, 0.15) is 34.6 Å². The van der Waals surface area contributed by atoms with Crippen molar-refractivity contribution in [3.63, 3.8) is 0 Å². The number of carbonyl (C=O) groups excluding carboxylic acids is 1. The number of amides is 1. The summed E-state index contributed by atoms with van der Waals surface area (Å²) in [6.07, 6.45) is 7.59. The second kappa shape index (κ2) is 6.51. The summed E-state index contributed by atoms with van der Waals surface area (Å²) in [5.74, 6) is 1.63. The molecule has 5 rings (SSSR count). The molecule has 0 saturated carbocycles. The van der Waals surface area contributed by atoms with Crippen LogP contribution >= 0.6 is 0 Å². The van der Waals surface area contributed by atoms with Crippen LogP contribution in [0.25, 0.3) is 0 Å². The van der Waals surface area contributed by atoms with Crippen LogP contribution in [0.3, 0.4) is 0 Å². The lowest BCUT2D eigenvalue weighted by atomic mass is 9.73. The number of rotatable bonds is 4. The van der Waals surface area contributed by atoms with E-state index >= 15 is 0 Å². The number of anilines is 1. The molecule has 1 amide bonds. The highest BCUT2D eigenvalue weighted by molar-refractivity contribution is 5.95. The topological polar surface area (TPSA) is 80.2 Å². The van der Waals surface area contributed by atoms with Crippen molar-refractivity contribution in [2.24, 2.45) is 11.8 Å². The first-order chi connectivity index (χ1) is 13.6. The quantitative estimate of drug-likeness (QED) is 0.874. The minimum Gasteiger partial charge on any atom is -0.369 e. The highest BCUT2D eigenvalue weighted by Gasteiger charge is 2.63. The zero-order chi connectivity index (χ0) is 19.3. The van der Waals surface area contributed by atoms with Gasteiger partial charge in [0.05, 0.1) is 23.0 Å². The van der Waals surface area contributed by atoms with E-state index < -0.39 is 0 Å². The zero-order valence-electron chi connectivity index (χ0n) is 16.3. The molecule has 1 N–H and O–H groups in total. The number of nitrogens with one attached hydrogen (secondary N) is 1. The van der Waals surface area contributed by atoms with Crippen molar-refractivity contribution in [2.75, 3.05) is 24.5 Å². The first-order valence-corrected chi connectivity index (χ1v) is 9.97. The van der Waals surface area contributed by atoms with Gasteiger partial charge in [0.15, 0.2) is 0 Å². The van der Waals surface area contributed by atoms with E-state index in [1.54, 1.807) is 24.7 Å². The normalized spacial score (nSPS) is 30.5. The fourth-order valence-corrected chi connectivity index (χ4v) is 5.37. The molecule has 3 fully saturated rings. The lowest BCUT2D eigenvalue weighted by Gasteiger charge is -2.29. The number of nitrogens with zero attached hydrogens (tertiary/aromatic N) is 4. The molecule has 0 radical (unpaired) electrons. The Bertz CT molecular complexity index is 919. The Morgan fingerprint density at radius 1 is 1.25 bits per heavy atom. The van der Waals surface area contributed by atoms with E-state index in [1.807, 2.05) is 19.9 Å². The van der Waals surface area contributed by atoms with Gasteiger partial charge in [-0.25, -0.2) is 4.98 Å². The fraction of sp³-hybridized carbons (Fsp3) is 0.524. The molecule has 146 valence electrons. The minimum absolute atomic E-state index is 0.0537. The number of ether oxygens (including phenoxy) is 1. The number of carbonyl (C=O) groups is 1. The Morgan fingerprint density at radius 2 is 2.07 bits per heavy atom. The second-order valence-corrected chi connectivity index (χ2v) is 8.22. The molecular formula is C21H25N5O2. The average Bonchev–Trinajstić information content (AvgIpc) is 3.35. The number of hydrogen-bond donors (Lipinski definition) is 1. The largest absolute Gasteiger partial charge is 0.369 e. The number of pyridine rings is 1. The highest BCUT2D eigenvalue weighted by atomic mass is 16.5. The van der Waals surface area contributed by atoms with Crippen molar-refractivity contribution < 1.29 is 9.53 Å². The molecule has 2 bridgehead atoms. The molecule has 3 aliphatic rings. The van der Waals surface area contributed by atoms with Crippen molar-refractivity contribution >= 4 is 11.7 Å². The van der Waals surface area contributed by atoms with Crippen LogP contribution in [0, 0.1) is 25.7 Å². The van der Waals surface area contributed by atoms with Gasteiger partial charge < -0.3 is 15.0 Å². The summed E-state index contributed by atoms with van der Waals surface area (Å²) in [6, 6.07) is 3.63. The SMILES string of the molecule is Cc1ncccc1C(=O)NC[C@H]1[C@H]2CN(c3nccnc3C)C[C@]23CC[C@H]1O3. The fourth-order valence-electron chi connectivity index (χ4n) is 5.37. The predicted molar refractivity (Wildman–Crippen MR) is 104 cm³/mol. The summed E-state index contributed by atoms with van der Waals surface area (Å²) < 4.78 is 6.50. The maximum absolute atomic E-state index is 12.6. The molecule has 2 aromatic rings. The number of fused-ring (bicyclic) bond motifs is 1. The van der Waals surface area contributed by atoms with Gasteiger partial charge in [-0.15, -0.1) is 0 Å². The van der Waals surface area contributed by atoms with Gasteiger partial charge in [-0.05, 0) is 38.8 Å². The number of hydrogen-bond acceptors (Lipinski definition) is 6. The second-order valence-electron chi connectivity index (χ2n) is 8.22. The van der Waals surface area contributed by atoms with Gasteiger partial charge >= 0.3 is 0 Å². The summed E-state index contributed by atoms with van der Waals surface area (Å²) in [5.41, 5.74) is 2.24. The van der Waals surface area contributed by atoms with Gasteiger partial charge in [-0.2, -0.15) is 0 Å². The van der Waals surface area contributed by atoms with Gasteiger partial charge in [-0.1, -0.05) is 0 Å². The van der Waals surface area contributed by atoms with Crippen molar-refractivity contribution in [3.05, 3.63) is 47.7 Å². The van der Waals surface area contributed by atoms with E-state index in [-0.39, 0.29) is 17.6 Å². The molecule has 0 aromatic carbocycles. The summed E-state index contributed by atoms with van der Waals surface area (Å²) in [6.45, 7) is 6.27. The van der Waals surface area contributed by atoms with Crippen molar-refractivity contribution in [1.82, 2.24) is 20.3 Å². The molecule has 0 aliphatic carbocycles. The van der Waals surface area contributed by atoms with E-state index in [9.17, 15) is 4.79 Å². The van der Waals surface area contributed by atoms with Crippen molar-refractivity contribution in [1.29, 1.82) is 0 Å². The van der Waals surface area contributed by atoms with E-state index in [1.165, 1.54) is 0 Å². The summed E-state index contributed by atoms with van der Waals surface area (Å²) in [7, 11) is 0. The maximum atomic E-state index is 12.6. The van der Waals surface area contributed by atoms with Crippen LogP contribution in [-0.4, -0.2) is 52.2 Å². The first kappa shape index (κ1) is 17.6. The third kappa shape index (κ3) is 2.68. The Kier molecular flexibility index (Phi) is 4.08. The van der Waals surface area contributed by atoms with Crippen molar-refractivity contribution in [2.45, 2.75) is 38.4 Å². The average molecular weight is 379 g/mol. The Hall–Kier alpha value is -2.54. The monoisotopic (exact) mass is 379 g/mol. The molecule has 7 heteroatoms. The van der Waals surface area contributed by atoms with Gasteiger partial charge in [0.2, 0.25) is 0 Å². The molecule has 7 nitrogen and oxygen atoms in total. The molecule has 1 spiro atoms. The molecule has 2 aromatic heterocycles. The third-order valence-electron chi connectivity index (χ3n) is 6.69. The summed E-state index contributed by atoms with van der Waals surface area (Å²) in [4.78, 5) is 28.1. The lowest BCUT2D eigenvalue weighted by Crippen LogP contribution is -2.42.